The molecule has 0 heterocycles. The lowest BCUT2D eigenvalue weighted by atomic mass is 9.77. The Kier molecular flexibility index (Phi) is 1.56. The van der Waals surface area contributed by atoms with Gasteiger partial charge < -0.3 is 10.4 Å². The predicted molar refractivity (Wildman–Crippen MR) is 52.0 cm³/mol. The summed E-state index contributed by atoms with van der Waals surface area (Å²) in [5.41, 5.74) is -0.589. The molecule has 4 aliphatic carbocycles. The van der Waals surface area contributed by atoms with Gasteiger partial charge in [0.25, 0.3) is 0 Å². The van der Waals surface area contributed by atoms with Gasteiger partial charge in [0.05, 0.1) is 5.41 Å². The van der Waals surface area contributed by atoms with Gasteiger partial charge in [0.15, 0.2) is 0 Å². The second-order valence-electron chi connectivity index (χ2n) is 5.20. The van der Waals surface area contributed by atoms with Crippen molar-refractivity contribution in [2.75, 3.05) is 0 Å². The first-order valence-electron chi connectivity index (χ1n) is 5.59. The summed E-state index contributed by atoms with van der Waals surface area (Å²) in [6, 6.07) is -0.101. The Morgan fingerprint density at radius 1 is 1.33 bits per heavy atom. The van der Waals surface area contributed by atoms with Gasteiger partial charge in [-0.3, -0.25) is 9.59 Å². The van der Waals surface area contributed by atoms with Crippen molar-refractivity contribution in [1.82, 2.24) is 5.32 Å². The largest absolute Gasteiger partial charge is 0.481 e. The Morgan fingerprint density at radius 2 is 2.07 bits per heavy atom. The Bertz CT molecular complexity index is 348. The van der Waals surface area contributed by atoms with E-state index in [1.165, 1.54) is 6.92 Å². The first-order chi connectivity index (χ1) is 7.08. The third-order valence-electron chi connectivity index (χ3n) is 4.72. The smallest absolute Gasteiger partial charge is 0.312 e. The minimum atomic E-state index is -0.696. The van der Waals surface area contributed by atoms with Crippen molar-refractivity contribution in [3.05, 3.63) is 0 Å². The Hall–Kier alpha value is -1.06. The SMILES string of the molecule is CC(=O)NC1C2CCC3C(C2)C31C(=O)O. The molecular weight excluding hydrogens is 194 g/mol. The third kappa shape index (κ3) is 0.880. The molecule has 0 saturated heterocycles. The third-order valence-corrected chi connectivity index (χ3v) is 4.72. The zero-order valence-electron chi connectivity index (χ0n) is 8.69. The number of carboxylic acids is 1. The minimum Gasteiger partial charge on any atom is -0.481 e. The van der Waals surface area contributed by atoms with E-state index in [2.05, 4.69) is 5.32 Å². The van der Waals surface area contributed by atoms with Gasteiger partial charge in [-0.05, 0) is 37.0 Å². The highest BCUT2D eigenvalue weighted by molar-refractivity contribution is 5.84. The van der Waals surface area contributed by atoms with Gasteiger partial charge in [-0.2, -0.15) is 0 Å². The van der Waals surface area contributed by atoms with Crippen molar-refractivity contribution in [2.45, 2.75) is 32.2 Å². The van der Waals surface area contributed by atoms with Crippen LogP contribution in [-0.4, -0.2) is 23.0 Å². The van der Waals surface area contributed by atoms with Crippen LogP contribution in [0.25, 0.3) is 0 Å². The van der Waals surface area contributed by atoms with Gasteiger partial charge in [0.2, 0.25) is 5.91 Å². The van der Waals surface area contributed by atoms with E-state index in [9.17, 15) is 14.7 Å². The average molecular weight is 209 g/mol. The van der Waals surface area contributed by atoms with E-state index >= 15 is 0 Å². The molecule has 4 rings (SSSR count). The van der Waals surface area contributed by atoms with Gasteiger partial charge in [-0.25, -0.2) is 0 Å². The van der Waals surface area contributed by atoms with Crippen LogP contribution in [-0.2, 0) is 9.59 Å². The van der Waals surface area contributed by atoms with Crippen LogP contribution in [0.5, 0.6) is 0 Å². The number of amides is 1. The standard InChI is InChI=1S/C11H15NO3/c1-5(13)12-9-6-2-3-7-8(4-6)11(7,9)10(14)15/h6-9H,2-4H2,1H3,(H,12,13)(H,14,15). The molecule has 4 bridgehead atoms. The molecule has 5 atom stereocenters. The molecule has 4 aliphatic rings. The van der Waals surface area contributed by atoms with Crippen molar-refractivity contribution >= 4 is 11.9 Å². The zero-order valence-corrected chi connectivity index (χ0v) is 8.69. The highest BCUT2D eigenvalue weighted by atomic mass is 16.4. The summed E-state index contributed by atoms with van der Waals surface area (Å²) >= 11 is 0. The lowest BCUT2D eigenvalue weighted by Gasteiger charge is -2.34. The maximum absolute atomic E-state index is 11.4. The van der Waals surface area contributed by atoms with E-state index in [1.54, 1.807) is 0 Å². The van der Waals surface area contributed by atoms with Crippen LogP contribution < -0.4 is 5.32 Å². The molecule has 0 aliphatic heterocycles. The number of carboxylic acid groups (broad SMARTS) is 1. The second kappa shape index (κ2) is 2.54. The normalized spacial score (nSPS) is 49.9. The number of hydrogen-bond acceptors (Lipinski definition) is 2. The summed E-state index contributed by atoms with van der Waals surface area (Å²) in [5, 5.41) is 12.2. The van der Waals surface area contributed by atoms with Crippen molar-refractivity contribution in [2.24, 2.45) is 23.2 Å². The van der Waals surface area contributed by atoms with E-state index in [0.717, 1.165) is 19.3 Å². The van der Waals surface area contributed by atoms with Crippen molar-refractivity contribution in [3.8, 4) is 0 Å². The van der Waals surface area contributed by atoms with E-state index < -0.39 is 11.4 Å². The number of carbonyl (C=O) groups is 2. The molecule has 0 aromatic heterocycles. The molecule has 5 unspecified atom stereocenters. The molecule has 82 valence electrons. The number of aliphatic carboxylic acids is 1. The highest BCUT2D eigenvalue weighted by Gasteiger charge is 2.80. The lowest BCUT2D eigenvalue weighted by Crippen LogP contribution is -2.49. The molecule has 2 N–H and O–H groups in total. The Morgan fingerprint density at radius 3 is 2.60 bits per heavy atom. The summed E-state index contributed by atoms with van der Waals surface area (Å²) in [7, 11) is 0. The molecule has 4 nitrogen and oxygen atoms in total. The van der Waals surface area contributed by atoms with Crippen LogP contribution in [0.15, 0.2) is 0 Å². The summed E-state index contributed by atoms with van der Waals surface area (Å²) < 4.78 is 0. The van der Waals surface area contributed by atoms with E-state index in [1.807, 2.05) is 0 Å². The fourth-order valence-electron chi connectivity index (χ4n) is 4.26. The van der Waals surface area contributed by atoms with Gasteiger partial charge in [-0.1, -0.05) is 0 Å². The number of fused-ring (bicyclic) bond motifs is 1. The zero-order chi connectivity index (χ0) is 10.8. The summed E-state index contributed by atoms with van der Waals surface area (Å²) in [6.45, 7) is 1.47. The number of nitrogens with one attached hydrogen (secondary N) is 1. The Balaban J connectivity index is 1.93. The number of carbonyl (C=O) groups excluding carboxylic acids is 1. The molecule has 4 heteroatoms. The molecule has 15 heavy (non-hydrogen) atoms. The molecule has 0 spiro atoms. The van der Waals surface area contributed by atoms with Crippen LogP contribution in [0.4, 0.5) is 0 Å². The first-order valence-corrected chi connectivity index (χ1v) is 5.59. The molecule has 4 fully saturated rings. The summed E-state index contributed by atoms with van der Waals surface area (Å²) in [4.78, 5) is 22.5. The quantitative estimate of drug-likeness (QED) is 0.700. The molecule has 1 amide bonds. The summed E-state index contributed by atoms with van der Waals surface area (Å²) in [6.07, 6.45) is 3.13. The van der Waals surface area contributed by atoms with Gasteiger partial charge in [0, 0.05) is 13.0 Å². The number of hydrogen-bond donors (Lipinski definition) is 2. The van der Waals surface area contributed by atoms with Gasteiger partial charge in [-0.15, -0.1) is 0 Å². The van der Waals surface area contributed by atoms with E-state index in [0.29, 0.717) is 17.8 Å². The van der Waals surface area contributed by atoms with E-state index in [4.69, 9.17) is 0 Å². The van der Waals surface area contributed by atoms with Gasteiger partial charge in [0.1, 0.15) is 0 Å². The van der Waals surface area contributed by atoms with Crippen LogP contribution in [0.1, 0.15) is 26.2 Å². The topological polar surface area (TPSA) is 66.4 Å². The summed E-state index contributed by atoms with van der Waals surface area (Å²) in [5.74, 6) is 0.278. The number of rotatable bonds is 2. The molecule has 4 saturated carbocycles. The molecule has 0 aromatic carbocycles. The van der Waals surface area contributed by atoms with Crippen molar-refractivity contribution in [3.63, 3.8) is 0 Å². The lowest BCUT2D eigenvalue weighted by molar-refractivity contribution is -0.146. The van der Waals surface area contributed by atoms with Crippen LogP contribution in [0.2, 0.25) is 0 Å². The highest BCUT2D eigenvalue weighted by Crippen LogP contribution is 2.75. The second-order valence-corrected chi connectivity index (χ2v) is 5.20. The maximum atomic E-state index is 11.4. The predicted octanol–water partition coefficient (Wildman–Crippen LogP) is 0.622. The molecular formula is C11H15NO3. The first kappa shape index (κ1) is 9.19. The van der Waals surface area contributed by atoms with E-state index in [-0.39, 0.29) is 11.9 Å². The van der Waals surface area contributed by atoms with Crippen molar-refractivity contribution < 1.29 is 14.7 Å². The monoisotopic (exact) mass is 209 g/mol. The minimum absolute atomic E-state index is 0.0983. The average Bonchev–Trinajstić information content (AvgIpc) is 2.75. The van der Waals surface area contributed by atoms with Crippen LogP contribution in [0, 0.1) is 23.2 Å². The Labute approximate surface area is 88.0 Å². The van der Waals surface area contributed by atoms with Crippen LogP contribution in [0.3, 0.4) is 0 Å². The maximum Gasteiger partial charge on any atom is 0.312 e. The fraction of sp³-hybridized carbons (Fsp3) is 0.818. The van der Waals surface area contributed by atoms with Gasteiger partial charge >= 0.3 is 5.97 Å². The van der Waals surface area contributed by atoms with Crippen LogP contribution >= 0.6 is 0 Å². The molecule has 0 aromatic rings. The fourth-order valence-corrected chi connectivity index (χ4v) is 4.26. The molecule has 0 radical (unpaired) electrons. The van der Waals surface area contributed by atoms with Crippen molar-refractivity contribution in [1.29, 1.82) is 0 Å².